The second-order valence-corrected chi connectivity index (χ2v) is 6.18. The molecule has 0 aliphatic rings. The molecule has 0 radical (unpaired) electrons. The Morgan fingerprint density at radius 2 is 1.24 bits per heavy atom. The summed E-state index contributed by atoms with van der Waals surface area (Å²) >= 11 is 0. The standard InChI is InChI=1S/C17H36/c1-5-7-8-9-10-11-13-17(12-6-2)15-14-16(3)4/h16-17H,5-15H2,1-4H3. The second kappa shape index (κ2) is 12.5. The first-order valence-electron chi connectivity index (χ1n) is 8.20. The summed E-state index contributed by atoms with van der Waals surface area (Å²) in [5, 5.41) is 0. The number of unbranched alkanes of at least 4 members (excludes halogenated alkanes) is 5. The van der Waals surface area contributed by atoms with Gasteiger partial charge in [-0.05, 0) is 11.8 Å². The van der Waals surface area contributed by atoms with E-state index in [1.807, 2.05) is 0 Å². The maximum absolute atomic E-state index is 2.35. The summed E-state index contributed by atoms with van der Waals surface area (Å²) in [7, 11) is 0. The predicted molar refractivity (Wildman–Crippen MR) is 80.5 cm³/mol. The highest BCUT2D eigenvalue weighted by Gasteiger charge is 2.08. The highest BCUT2D eigenvalue weighted by atomic mass is 14.1. The fraction of sp³-hybridized carbons (Fsp3) is 1.00. The Morgan fingerprint density at radius 3 is 1.82 bits per heavy atom. The molecule has 0 amide bonds. The Bertz CT molecular complexity index is 137. The third-order valence-corrected chi connectivity index (χ3v) is 3.82. The van der Waals surface area contributed by atoms with Crippen LogP contribution in [-0.4, -0.2) is 0 Å². The van der Waals surface area contributed by atoms with Crippen LogP contribution in [0.3, 0.4) is 0 Å². The van der Waals surface area contributed by atoms with Crippen LogP contribution in [0.1, 0.15) is 98.3 Å². The lowest BCUT2D eigenvalue weighted by Crippen LogP contribution is -2.02. The third-order valence-electron chi connectivity index (χ3n) is 3.82. The molecule has 0 saturated carbocycles. The zero-order valence-electron chi connectivity index (χ0n) is 12.9. The molecule has 104 valence electrons. The molecule has 0 heteroatoms. The van der Waals surface area contributed by atoms with Gasteiger partial charge in [0.1, 0.15) is 0 Å². The average molecular weight is 240 g/mol. The molecule has 17 heavy (non-hydrogen) atoms. The van der Waals surface area contributed by atoms with Gasteiger partial charge in [0.25, 0.3) is 0 Å². The van der Waals surface area contributed by atoms with E-state index in [-0.39, 0.29) is 0 Å². The normalized spacial score (nSPS) is 13.2. The van der Waals surface area contributed by atoms with Crippen LogP contribution >= 0.6 is 0 Å². The fourth-order valence-corrected chi connectivity index (χ4v) is 2.62. The minimum atomic E-state index is 0.888. The monoisotopic (exact) mass is 240 g/mol. The quantitative estimate of drug-likeness (QED) is 0.338. The molecule has 0 spiro atoms. The summed E-state index contributed by atoms with van der Waals surface area (Å²) in [5.74, 6) is 1.91. The van der Waals surface area contributed by atoms with Crippen molar-refractivity contribution >= 4 is 0 Å². The van der Waals surface area contributed by atoms with Crippen molar-refractivity contribution in [3.63, 3.8) is 0 Å². The van der Waals surface area contributed by atoms with Crippen molar-refractivity contribution in [2.24, 2.45) is 11.8 Å². The van der Waals surface area contributed by atoms with Crippen molar-refractivity contribution in [1.29, 1.82) is 0 Å². The lowest BCUT2D eigenvalue weighted by molar-refractivity contribution is 0.362. The molecule has 1 atom stereocenters. The summed E-state index contributed by atoms with van der Waals surface area (Å²) in [6.07, 6.45) is 15.9. The minimum Gasteiger partial charge on any atom is -0.0654 e. The van der Waals surface area contributed by atoms with Crippen LogP contribution in [-0.2, 0) is 0 Å². The zero-order chi connectivity index (χ0) is 12.9. The molecule has 0 heterocycles. The van der Waals surface area contributed by atoms with E-state index in [0.29, 0.717) is 0 Å². The summed E-state index contributed by atoms with van der Waals surface area (Å²) in [4.78, 5) is 0. The van der Waals surface area contributed by atoms with Crippen LogP contribution in [0.2, 0.25) is 0 Å². The van der Waals surface area contributed by atoms with Gasteiger partial charge in [-0.3, -0.25) is 0 Å². The van der Waals surface area contributed by atoms with Gasteiger partial charge in [0.15, 0.2) is 0 Å². The van der Waals surface area contributed by atoms with Crippen molar-refractivity contribution in [2.45, 2.75) is 98.3 Å². The van der Waals surface area contributed by atoms with E-state index >= 15 is 0 Å². The Labute approximate surface area is 111 Å². The highest BCUT2D eigenvalue weighted by molar-refractivity contribution is 4.61. The molecule has 0 aromatic heterocycles. The van der Waals surface area contributed by atoms with Gasteiger partial charge in [-0.2, -0.15) is 0 Å². The first-order chi connectivity index (χ1) is 8.20. The molecule has 0 nitrogen and oxygen atoms in total. The molecule has 0 fully saturated rings. The Kier molecular flexibility index (Phi) is 12.5. The van der Waals surface area contributed by atoms with E-state index in [2.05, 4.69) is 27.7 Å². The molecule has 1 unspecified atom stereocenters. The highest BCUT2D eigenvalue weighted by Crippen LogP contribution is 2.23. The van der Waals surface area contributed by atoms with Gasteiger partial charge >= 0.3 is 0 Å². The third kappa shape index (κ3) is 12.2. The smallest absolute Gasteiger partial charge is 0.0414 e. The van der Waals surface area contributed by atoms with E-state index in [0.717, 1.165) is 11.8 Å². The van der Waals surface area contributed by atoms with E-state index in [9.17, 15) is 0 Å². The van der Waals surface area contributed by atoms with Crippen molar-refractivity contribution in [3.8, 4) is 0 Å². The van der Waals surface area contributed by atoms with Crippen molar-refractivity contribution in [3.05, 3.63) is 0 Å². The fourth-order valence-electron chi connectivity index (χ4n) is 2.62. The number of hydrogen-bond acceptors (Lipinski definition) is 0. The van der Waals surface area contributed by atoms with Crippen LogP contribution in [0.4, 0.5) is 0 Å². The van der Waals surface area contributed by atoms with Crippen molar-refractivity contribution < 1.29 is 0 Å². The van der Waals surface area contributed by atoms with Crippen LogP contribution in [0.25, 0.3) is 0 Å². The van der Waals surface area contributed by atoms with Gasteiger partial charge in [-0.15, -0.1) is 0 Å². The Hall–Kier alpha value is 0. The molecule has 0 saturated heterocycles. The Morgan fingerprint density at radius 1 is 0.588 bits per heavy atom. The van der Waals surface area contributed by atoms with Crippen LogP contribution in [0.5, 0.6) is 0 Å². The Balaban J connectivity index is 3.48. The first-order valence-corrected chi connectivity index (χ1v) is 8.20. The summed E-state index contributed by atoms with van der Waals surface area (Å²) < 4.78 is 0. The van der Waals surface area contributed by atoms with Gasteiger partial charge in [-0.1, -0.05) is 98.3 Å². The van der Waals surface area contributed by atoms with Crippen LogP contribution in [0, 0.1) is 11.8 Å². The van der Waals surface area contributed by atoms with Gasteiger partial charge in [0.2, 0.25) is 0 Å². The maximum atomic E-state index is 2.35. The summed E-state index contributed by atoms with van der Waals surface area (Å²) in [6, 6.07) is 0. The second-order valence-electron chi connectivity index (χ2n) is 6.18. The van der Waals surface area contributed by atoms with Crippen LogP contribution < -0.4 is 0 Å². The average Bonchev–Trinajstić information content (AvgIpc) is 2.30. The van der Waals surface area contributed by atoms with Crippen molar-refractivity contribution in [1.82, 2.24) is 0 Å². The van der Waals surface area contributed by atoms with Gasteiger partial charge in [0.05, 0.1) is 0 Å². The van der Waals surface area contributed by atoms with E-state index < -0.39 is 0 Å². The largest absolute Gasteiger partial charge is 0.0654 e. The molecule has 0 rings (SSSR count). The molecule has 0 aliphatic carbocycles. The SMILES string of the molecule is CCCCCCCCC(CCC)CCC(C)C. The lowest BCUT2D eigenvalue weighted by atomic mass is 9.89. The predicted octanol–water partition coefficient (Wildman–Crippen LogP) is 6.59. The molecular formula is C17H36. The molecule has 0 aliphatic heterocycles. The number of hydrogen-bond donors (Lipinski definition) is 0. The topological polar surface area (TPSA) is 0 Å². The molecular weight excluding hydrogens is 204 g/mol. The van der Waals surface area contributed by atoms with Crippen LogP contribution in [0.15, 0.2) is 0 Å². The lowest BCUT2D eigenvalue weighted by Gasteiger charge is -2.17. The summed E-state index contributed by atoms with van der Waals surface area (Å²) in [5.41, 5.74) is 0. The number of rotatable bonds is 12. The first kappa shape index (κ1) is 17.0. The van der Waals surface area contributed by atoms with E-state index in [4.69, 9.17) is 0 Å². The van der Waals surface area contributed by atoms with Crippen molar-refractivity contribution in [2.75, 3.05) is 0 Å². The van der Waals surface area contributed by atoms with E-state index in [1.165, 1.54) is 70.6 Å². The molecule has 0 aromatic carbocycles. The van der Waals surface area contributed by atoms with E-state index in [1.54, 1.807) is 0 Å². The van der Waals surface area contributed by atoms with Gasteiger partial charge < -0.3 is 0 Å². The van der Waals surface area contributed by atoms with Gasteiger partial charge in [-0.25, -0.2) is 0 Å². The molecule has 0 bridgehead atoms. The molecule has 0 N–H and O–H groups in total. The minimum absolute atomic E-state index is 0.888. The zero-order valence-corrected chi connectivity index (χ0v) is 12.9. The van der Waals surface area contributed by atoms with Gasteiger partial charge in [0, 0.05) is 0 Å². The molecule has 0 aromatic rings. The maximum Gasteiger partial charge on any atom is -0.0414 e. The summed E-state index contributed by atoms with van der Waals surface area (Å²) in [6.45, 7) is 9.34.